The van der Waals surface area contributed by atoms with E-state index in [0.717, 1.165) is 17.7 Å². The first-order chi connectivity index (χ1) is 19.5. The number of alkyl halides is 3. The Morgan fingerprint density at radius 2 is 1.44 bits per heavy atom. The SMILES string of the molecule is CC(NC(=O)c1ccccc1NC(=O)CN(c1cccc(C(F)(F)F)c1)S(=O)(=O)c1ccccc1)c1ccccc1. The minimum Gasteiger partial charge on any atom is -0.345 e. The summed E-state index contributed by atoms with van der Waals surface area (Å²) >= 11 is 0. The van der Waals surface area contributed by atoms with Crippen LogP contribution in [0, 0.1) is 0 Å². The lowest BCUT2D eigenvalue weighted by Gasteiger charge is -2.25. The van der Waals surface area contributed by atoms with Crippen molar-refractivity contribution in [3.8, 4) is 0 Å². The maximum Gasteiger partial charge on any atom is 0.416 e. The number of carbonyl (C=O) groups is 2. The van der Waals surface area contributed by atoms with Crippen molar-refractivity contribution in [3.05, 3.63) is 126 Å². The van der Waals surface area contributed by atoms with Gasteiger partial charge in [-0.3, -0.25) is 13.9 Å². The standard InChI is InChI=1S/C30H26F3N3O4S/c1-21(22-11-4-2-5-12-22)34-29(38)26-17-8-9-18-27(26)35-28(37)20-36(41(39,40)25-15-6-3-7-16-25)24-14-10-13-23(19-24)30(31,32)33/h2-19,21H,20H2,1H3,(H,34,38)(H,35,37). The van der Waals surface area contributed by atoms with E-state index in [1.54, 1.807) is 25.1 Å². The van der Waals surface area contributed by atoms with E-state index in [1.165, 1.54) is 42.5 Å². The topological polar surface area (TPSA) is 95.6 Å². The third-order valence-electron chi connectivity index (χ3n) is 6.17. The van der Waals surface area contributed by atoms with Crippen molar-refractivity contribution in [1.82, 2.24) is 5.32 Å². The quantitative estimate of drug-likeness (QED) is 0.252. The van der Waals surface area contributed by atoms with Crippen molar-refractivity contribution < 1.29 is 31.2 Å². The summed E-state index contributed by atoms with van der Waals surface area (Å²) in [5.74, 6) is -1.35. The largest absolute Gasteiger partial charge is 0.416 e. The number of anilines is 2. The lowest BCUT2D eigenvalue weighted by atomic mass is 10.1. The van der Waals surface area contributed by atoms with Crippen molar-refractivity contribution in [1.29, 1.82) is 0 Å². The Morgan fingerprint density at radius 3 is 2.10 bits per heavy atom. The molecule has 4 aromatic rings. The van der Waals surface area contributed by atoms with Crippen LogP contribution in [-0.4, -0.2) is 26.8 Å². The molecule has 0 fully saturated rings. The van der Waals surface area contributed by atoms with Crippen molar-refractivity contribution >= 4 is 33.2 Å². The van der Waals surface area contributed by atoms with Crippen LogP contribution < -0.4 is 14.9 Å². The zero-order valence-electron chi connectivity index (χ0n) is 21.8. The highest BCUT2D eigenvalue weighted by molar-refractivity contribution is 7.92. The molecule has 0 bridgehead atoms. The number of carbonyl (C=O) groups excluding carboxylic acids is 2. The lowest BCUT2D eigenvalue weighted by molar-refractivity contribution is -0.137. The van der Waals surface area contributed by atoms with Crippen molar-refractivity contribution in [2.24, 2.45) is 0 Å². The molecule has 0 spiro atoms. The summed E-state index contributed by atoms with van der Waals surface area (Å²) < 4.78 is 67.9. The summed E-state index contributed by atoms with van der Waals surface area (Å²) in [6, 6.07) is 25.8. The van der Waals surface area contributed by atoms with Crippen LogP contribution >= 0.6 is 0 Å². The second kappa shape index (κ2) is 12.3. The highest BCUT2D eigenvalue weighted by atomic mass is 32.2. The molecule has 0 aliphatic carbocycles. The molecule has 1 atom stereocenters. The number of halogens is 3. The maximum absolute atomic E-state index is 13.5. The zero-order chi connectivity index (χ0) is 29.6. The van der Waals surface area contributed by atoms with Crippen molar-refractivity contribution in [2.75, 3.05) is 16.2 Å². The highest BCUT2D eigenvalue weighted by Crippen LogP contribution is 2.33. The number of nitrogens with zero attached hydrogens (tertiary/aromatic N) is 1. The number of amides is 2. The Hall–Kier alpha value is -4.64. The smallest absolute Gasteiger partial charge is 0.345 e. The van der Waals surface area contributed by atoms with E-state index in [9.17, 15) is 31.2 Å². The van der Waals surface area contributed by atoms with Crippen LogP contribution in [0.4, 0.5) is 24.5 Å². The van der Waals surface area contributed by atoms with Gasteiger partial charge in [0.15, 0.2) is 0 Å². The summed E-state index contributed by atoms with van der Waals surface area (Å²) in [5, 5.41) is 5.40. The molecule has 0 aliphatic heterocycles. The first-order valence-corrected chi connectivity index (χ1v) is 13.9. The second-order valence-electron chi connectivity index (χ2n) is 9.07. The van der Waals surface area contributed by atoms with E-state index in [4.69, 9.17) is 0 Å². The lowest BCUT2D eigenvalue weighted by Crippen LogP contribution is -2.38. The minimum absolute atomic E-state index is 0.108. The average Bonchev–Trinajstić information content (AvgIpc) is 2.96. The molecule has 0 aromatic heterocycles. The molecule has 2 amide bonds. The third-order valence-corrected chi connectivity index (χ3v) is 7.96. The first kappa shape index (κ1) is 29.3. The van der Waals surface area contributed by atoms with Gasteiger partial charge in [-0.1, -0.05) is 66.7 Å². The van der Waals surface area contributed by atoms with Crippen molar-refractivity contribution in [3.63, 3.8) is 0 Å². The number of hydrogen-bond donors (Lipinski definition) is 2. The Kier molecular flexibility index (Phi) is 8.77. The third kappa shape index (κ3) is 7.12. The van der Waals surface area contributed by atoms with Crippen LogP contribution in [0.1, 0.15) is 34.5 Å². The van der Waals surface area contributed by atoms with Crippen LogP contribution in [0.5, 0.6) is 0 Å². The highest BCUT2D eigenvalue weighted by Gasteiger charge is 2.33. The first-order valence-electron chi connectivity index (χ1n) is 12.5. The van der Waals surface area contributed by atoms with Gasteiger partial charge in [0.1, 0.15) is 6.54 Å². The molecular weight excluding hydrogens is 555 g/mol. The second-order valence-corrected chi connectivity index (χ2v) is 10.9. The fourth-order valence-corrected chi connectivity index (χ4v) is 5.52. The van der Waals surface area contributed by atoms with E-state index in [0.29, 0.717) is 10.4 Å². The molecule has 4 aromatic carbocycles. The van der Waals surface area contributed by atoms with E-state index in [1.807, 2.05) is 30.3 Å². The Bertz CT molecular complexity index is 1630. The summed E-state index contributed by atoms with van der Waals surface area (Å²) in [5.41, 5.74) is -0.318. The number of para-hydroxylation sites is 1. The van der Waals surface area contributed by atoms with Crippen LogP contribution in [0.25, 0.3) is 0 Å². The van der Waals surface area contributed by atoms with Gasteiger partial charge >= 0.3 is 6.18 Å². The van der Waals surface area contributed by atoms with E-state index in [2.05, 4.69) is 10.6 Å². The maximum atomic E-state index is 13.5. The number of rotatable bonds is 9. The van der Waals surface area contributed by atoms with Crippen LogP contribution in [0.2, 0.25) is 0 Å². The van der Waals surface area contributed by atoms with Gasteiger partial charge in [0.05, 0.1) is 33.4 Å². The molecule has 0 saturated heterocycles. The molecule has 212 valence electrons. The van der Waals surface area contributed by atoms with Gasteiger partial charge < -0.3 is 10.6 Å². The van der Waals surface area contributed by atoms with Gasteiger partial charge in [-0.25, -0.2) is 8.42 Å². The van der Waals surface area contributed by atoms with Crippen LogP contribution in [0.15, 0.2) is 114 Å². The minimum atomic E-state index is -4.73. The van der Waals surface area contributed by atoms with Crippen molar-refractivity contribution in [2.45, 2.75) is 24.0 Å². The summed E-state index contributed by atoms with van der Waals surface area (Å²) in [6.45, 7) is 0.949. The predicted octanol–water partition coefficient (Wildman–Crippen LogP) is 6.03. The molecule has 2 N–H and O–H groups in total. The van der Waals surface area contributed by atoms with E-state index in [-0.39, 0.29) is 27.9 Å². The van der Waals surface area contributed by atoms with Gasteiger partial charge in [0.2, 0.25) is 5.91 Å². The van der Waals surface area contributed by atoms with Gasteiger partial charge in [-0.2, -0.15) is 13.2 Å². The van der Waals surface area contributed by atoms with E-state index < -0.39 is 40.1 Å². The normalized spacial score (nSPS) is 12.3. The Balaban J connectivity index is 1.62. The predicted molar refractivity (Wildman–Crippen MR) is 150 cm³/mol. The molecule has 0 aliphatic rings. The molecule has 11 heteroatoms. The number of nitrogens with one attached hydrogen (secondary N) is 2. The van der Waals surface area contributed by atoms with Gasteiger partial charge in [0.25, 0.3) is 15.9 Å². The van der Waals surface area contributed by atoms with Crippen LogP contribution in [-0.2, 0) is 21.0 Å². The van der Waals surface area contributed by atoms with Gasteiger partial charge in [-0.05, 0) is 55.0 Å². The number of hydrogen-bond acceptors (Lipinski definition) is 4. The van der Waals surface area contributed by atoms with E-state index >= 15 is 0 Å². The summed E-state index contributed by atoms with van der Waals surface area (Å²) in [7, 11) is -4.45. The van der Waals surface area contributed by atoms with Gasteiger partial charge in [-0.15, -0.1) is 0 Å². The Labute approximate surface area is 235 Å². The average molecular weight is 582 g/mol. The number of benzene rings is 4. The summed E-state index contributed by atoms with van der Waals surface area (Å²) in [6.07, 6.45) is -4.73. The number of sulfonamides is 1. The molecular formula is C30H26F3N3O4S. The fraction of sp³-hybridized carbons (Fsp3) is 0.133. The molecule has 0 heterocycles. The molecule has 0 saturated carbocycles. The Morgan fingerprint density at radius 1 is 0.829 bits per heavy atom. The molecule has 41 heavy (non-hydrogen) atoms. The van der Waals surface area contributed by atoms with Crippen LogP contribution in [0.3, 0.4) is 0 Å². The molecule has 1 unspecified atom stereocenters. The summed E-state index contributed by atoms with van der Waals surface area (Å²) in [4.78, 5) is 26.1. The monoisotopic (exact) mass is 581 g/mol. The molecule has 7 nitrogen and oxygen atoms in total. The molecule has 4 rings (SSSR count). The molecule has 0 radical (unpaired) electrons. The zero-order valence-corrected chi connectivity index (χ0v) is 22.6. The fourth-order valence-electron chi connectivity index (χ4n) is 4.08. The van der Waals surface area contributed by atoms with Gasteiger partial charge in [0, 0.05) is 0 Å².